The van der Waals surface area contributed by atoms with Gasteiger partial charge in [-0.15, -0.1) is 5.10 Å². The Hall–Kier alpha value is -3.96. The number of aromatic nitrogens is 4. The van der Waals surface area contributed by atoms with Crippen LogP contribution >= 0.6 is 0 Å². The Morgan fingerprint density at radius 1 is 1.00 bits per heavy atom. The van der Waals surface area contributed by atoms with Gasteiger partial charge in [0.2, 0.25) is 0 Å². The number of amides is 3. The van der Waals surface area contributed by atoms with Crippen LogP contribution in [0.3, 0.4) is 0 Å². The van der Waals surface area contributed by atoms with Crippen molar-refractivity contribution in [2.45, 2.75) is 89.4 Å². The third-order valence-corrected chi connectivity index (χ3v) is 7.39. The molecule has 0 spiro atoms. The third kappa shape index (κ3) is 6.55. The van der Waals surface area contributed by atoms with E-state index in [1.54, 1.807) is 0 Å². The smallest absolute Gasteiger partial charge is 0.315 e. The summed E-state index contributed by atoms with van der Waals surface area (Å²) in [5.74, 6) is -0.521. The lowest BCUT2D eigenvalue weighted by Crippen LogP contribution is -2.47. The van der Waals surface area contributed by atoms with E-state index in [1.807, 2.05) is 6.07 Å². The van der Waals surface area contributed by atoms with E-state index in [2.05, 4.69) is 55.5 Å². The Labute approximate surface area is 226 Å². The first-order valence-electron chi connectivity index (χ1n) is 13.8. The van der Waals surface area contributed by atoms with Crippen molar-refractivity contribution >= 4 is 34.8 Å². The summed E-state index contributed by atoms with van der Waals surface area (Å²) < 4.78 is 15.6. The fourth-order valence-corrected chi connectivity index (χ4v) is 4.91. The number of fused-ring (bicyclic) bond motifs is 1. The number of carbonyl (C=O) groups excluding carboxylic acids is 2. The minimum Gasteiger partial charge on any atom is -0.379 e. The molecular formula is C27H36FN9O2. The largest absolute Gasteiger partial charge is 0.379 e. The Bertz CT molecular complexity index is 1310. The lowest BCUT2D eigenvalue weighted by molar-refractivity contribution is 0.102. The number of imidazole rings is 1. The van der Waals surface area contributed by atoms with Crippen LogP contribution in [0.4, 0.5) is 26.4 Å². The van der Waals surface area contributed by atoms with Gasteiger partial charge in [0.05, 0.1) is 23.8 Å². The van der Waals surface area contributed by atoms with Gasteiger partial charge in [-0.3, -0.25) is 9.78 Å². The van der Waals surface area contributed by atoms with Crippen molar-refractivity contribution in [3.63, 3.8) is 0 Å². The summed E-state index contributed by atoms with van der Waals surface area (Å²) in [4.78, 5) is 33.5. The van der Waals surface area contributed by atoms with Crippen molar-refractivity contribution in [2.24, 2.45) is 0 Å². The number of hydrogen-bond acceptors (Lipinski definition) is 7. The van der Waals surface area contributed by atoms with Gasteiger partial charge in [-0.1, -0.05) is 13.8 Å². The maximum atomic E-state index is 14.1. The van der Waals surface area contributed by atoms with Crippen molar-refractivity contribution in [1.82, 2.24) is 30.2 Å². The highest BCUT2D eigenvalue weighted by Crippen LogP contribution is 2.30. The van der Waals surface area contributed by atoms with Gasteiger partial charge in [-0.05, 0) is 57.4 Å². The van der Waals surface area contributed by atoms with E-state index in [9.17, 15) is 14.0 Å². The van der Waals surface area contributed by atoms with Crippen molar-refractivity contribution < 1.29 is 14.0 Å². The second kappa shape index (κ2) is 11.8. The van der Waals surface area contributed by atoms with E-state index in [0.717, 1.165) is 63.3 Å². The Balaban J connectivity index is 1.27. The molecule has 3 amide bonds. The summed E-state index contributed by atoms with van der Waals surface area (Å²) in [5, 5.41) is 20.4. The van der Waals surface area contributed by atoms with Crippen LogP contribution in [-0.2, 0) is 0 Å². The summed E-state index contributed by atoms with van der Waals surface area (Å²) in [6.07, 6.45) is 11.4. The molecule has 3 aromatic rings. The molecule has 39 heavy (non-hydrogen) atoms. The first kappa shape index (κ1) is 26.6. The highest BCUT2D eigenvalue weighted by atomic mass is 19.1. The van der Waals surface area contributed by atoms with Crippen molar-refractivity contribution in [3.8, 4) is 0 Å². The number of nitrogens with zero attached hydrogens (tertiary/aromatic N) is 4. The second-order valence-corrected chi connectivity index (χ2v) is 10.4. The van der Waals surface area contributed by atoms with E-state index in [-0.39, 0.29) is 35.5 Å². The van der Waals surface area contributed by atoms with Gasteiger partial charge in [0.1, 0.15) is 5.82 Å². The highest BCUT2D eigenvalue weighted by Gasteiger charge is 2.26. The lowest BCUT2D eigenvalue weighted by Gasteiger charge is -2.30. The molecule has 0 bridgehead atoms. The minimum absolute atomic E-state index is 0.0366. The quantitative estimate of drug-likeness (QED) is 0.260. The molecule has 0 radical (unpaired) electrons. The number of nitrogens with one attached hydrogen (secondary N) is 5. The summed E-state index contributed by atoms with van der Waals surface area (Å²) in [7, 11) is 0. The molecule has 2 aliphatic rings. The SMILES string of the molecule is CCC(CC)NC(=O)N[C@H]1CC[C@H](Nc2cc(NC3CC3)c3ncc(C(=O)Nc4ccncc4F)n3n2)CC1. The molecule has 11 nitrogen and oxygen atoms in total. The maximum absolute atomic E-state index is 14.1. The van der Waals surface area contributed by atoms with Gasteiger partial charge < -0.3 is 26.6 Å². The molecule has 3 aromatic heterocycles. The molecule has 2 fully saturated rings. The molecule has 5 N–H and O–H groups in total. The molecule has 12 heteroatoms. The van der Waals surface area contributed by atoms with E-state index < -0.39 is 11.7 Å². The fraction of sp³-hybridized carbons (Fsp3) is 0.519. The number of rotatable bonds is 10. The molecule has 2 aliphatic carbocycles. The summed E-state index contributed by atoms with van der Waals surface area (Å²) in [6.45, 7) is 4.14. The Kier molecular flexibility index (Phi) is 8.08. The Morgan fingerprint density at radius 2 is 1.69 bits per heavy atom. The molecule has 3 heterocycles. The number of anilines is 3. The predicted octanol–water partition coefficient (Wildman–Crippen LogP) is 4.30. The average molecular weight is 538 g/mol. The minimum atomic E-state index is -0.621. The fourth-order valence-electron chi connectivity index (χ4n) is 4.91. The summed E-state index contributed by atoms with van der Waals surface area (Å²) in [6, 6.07) is 4.11. The van der Waals surface area contributed by atoms with Crippen LogP contribution in [0.25, 0.3) is 5.65 Å². The lowest BCUT2D eigenvalue weighted by atomic mass is 9.91. The number of urea groups is 1. The van der Waals surface area contributed by atoms with Gasteiger partial charge in [0, 0.05) is 36.4 Å². The molecule has 0 saturated heterocycles. The maximum Gasteiger partial charge on any atom is 0.315 e. The standard InChI is InChI=1S/C27H36FN9O2/c1-3-16(4-2)33-27(39)34-19-9-7-18(8-10-19)32-24-13-22(31-17-5-6-17)25-30-15-23(37(25)36-24)26(38)35-21-11-12-29-14-20(21)28/h11-19,31H,3-10H2,1-2H3,(H,32,36)(H,29,35,38)(H2,33,34,39)/t18-,19-. The number of pyridine rings is 1. The summed E-state index contributed by atoms with van der Waals surface area (Å²) in [5.41, 5.74) is 1.55. The zero-order chi connectivity index (χ0) is 27.4. The monoisotopic (exact) mass is 537 g/mol. The van der Waals surface area contributed by atoms with Crippen molar-refractivity contribution in [1.29, 1.82) is 0 Å². The molecule has 0 aromatic carbocycles. The van der Waals surface area contributed by atoms with Crippen LogP contribution in [0, 0.1) is 5.82 Å². The third-order valence-electron chi connectivity index (χ3n) is 7.39. The molecule has 2 saturated carbocycles. The highest BCUT2D eigenvalue weighted by molar-refractivity contribution is 6.03. The van der Waals surface area contributed by atoms with E-state index >= 15 is 0 Å². The average Bonchev–Trinajstić information content (AvgIpc) is 3.64. The van der Waals surface area contributed by atoms with Crippen LogP contribution in [0.15, 0.2) is 30.7 Å². The molecule has 0 aliphatic heterocycles. The molecule has 0 unspecified atom stereocenters. The molecule has 208 valence electrons. The molecule has 0 atom stereocenters. The first-order valence-corrected chi connectivity index (χ1v) is 13.8. The van der Waals surface area contributed by atoms with Gasteiger partial charge in [-0.2, -0.15) is 0 Å². The topological polar surface area (TPSA) is 137 Å². The van der Waals surface area contributed by atoms with Gasteiger partial charge in [0.25, 0.3) is 5.91 Å². The number of carbonyl (C=O) groups is 2. The van der Waals surface area contributed by atoms with Crippen LogP contribution < -0.4 is 26.6 Å². The second-order valence-electron chi connectivity index (χ2n) is 10.4. The van der Waals surface area contributed by atoms with Crippen LogP contribution in [0.5, 0.6) is 0 Å². The van der Waals surface area contributed by atoms with Crippen LogP contribution in [-0.4, -0.2) is 55.7 Å². The van der Waals surface area contributed by atoms with Crippen LogP contribution in [0.2, 0.25) is 0 Å². The van der Waals surface area contributed by atoms with Gasteiger partial charge in [-0.25, -0.2) is 18.7 Å². The van der Waals surface area contributed by atoms with Crippen molar-refractivity contribution in [3.05, 3.63) is 42.2 Å². The molecular weight excluding hydrogens is 501 g/mol. The van der Waals surface area contributed by atoms with E-state index in [1.165, 1.54) is 23.0 Å². The zero-order valence-electron chi connectivity index (χ0n) is 22.3. The summed E-state index contributed by atoms with van der Waals surface area (Å²) >= 11 is 0. The predicted molar refractivity (Wildman–Crippen MR) is 147 cm³/mol. The normalized spacial score (nSPS) is 19.1. The van der Waals surface area contributed by atoms with E-state index in [4.69, 9.17) is 0 Å². The molecule has 5 rings (SSSR count). The van der Waals surface area contributed by atoms with Crippen molar-refractivity contribution in [2.75, 3.05) is 16.0 Å². The number of hydrogen-bond donors (Lipinski definition) is 5. The van der Waals surface area contributed by atoms with Gasteiger partial charge >= 0.3 is 6.03 Å². The number of halogens is 1. The van der Waals surface area contributed by atoms with E-state index in [0.29, 0.717) is 17.5 Å². The Morgan fingerprint density at radius 3 is 2.38 bits per heavy atom. The first-order chi connectivity index (χ1) is 18.9. The van der Waals surface area contributed by atoms with Gasteiger partial charge in [0.15, 0.2) is 17.2 Å². The zero-order valence-corrected chi connectivity index (χ0v) is 22.3. The van der Waals surface area contributed by atoms with Crippen LogP contribution in [0.1, 0.15) is 75.7 Å².